The number of carbonyl (C=O) groups excluding carboxylic acids is 3. The summed E-state index contributed by atoms with van der Waals surface area (Å²) in [4.78, 5) is 38.9. The SMILES string of the molecule is CCOC(=O)c1c(NC(=O)COC(=O)CSc2ccccc2)sc2c1CCC(C)C2. The van der Waals surface area contributed by atoms with E-state index in [1.807, 2.05) is 30.3 Å². The van der Waals surface area contributed by atoms with Crippen molar-refractivity contribution in [3.63, 3.8) is 0 Å². The summed E-state index contributed by atoms with van der Waals surface area (Å²) in [6.45, 7) is 3.81. The van der Waals surface area contributed by atoms with E-state index in [-0.39, 0.29) is 12.4 Å². The molecule has 0 spiro atoms. The molecule has 160 valence electrons. The lowest BCUT2D eigenvalue weighted by Crippen LogP contribution is -2.22. The fourth-order valence-corrected chi connectivity index (χ4v) is 5.40. The highest BCUT2D eigenvalue weighted by Gasteiger charge is 2.29. The van der Waals surface area contributed by atoms with E-state index < -0.39 is 24.5 Å². The fourth-order valence-electron chi connectivity index (χ4n) is 3.27. The number of thiophene rings is 1. The predicted molar refractivity (Wildman–Crippen MR) is 118 cm³/mol. The van der Waals surface area contributed by atoms with Gasteiger partial charge in [0.15, 0.2) is 6.61 Å². The first-order chi connectivity index (χ1) is 14.5. The van der Waals surface area contributed by atoms with Crippen molar-refractivity contribution >= 4 is 45.9 Å². The Bertz CT molecular complexity index is 910. The van der Waals surface area contributed by atoms with Crippen LogP contribution in [0.3, 0.4) is 0 Å². The van der Waals surface area contributed by atoms with Gasteiger partial charge < -0.3 is 14.8 Å². The summed E-state index contributed by atoms with van der Waals surface area (Å²) >= 11 is 2.76. The van der Waals surface area contributed by atoms with E-state index in [9.17, 15) is 14.4 Å². The number of ether oxygens (including phenoxy) is 2. The van der Waals surface area contributed by atoms with E-state index in [4.69, 9.17) is 9.47 Å². The molecule has 1 unspecified atom stereocenters. The third kappa shape index (κ3) is 5.86. The van der Waals surface area contributed by atoms with Crippen molar-refractivity contribution < 1.29 is 23.9 Å². The minimum absolute atomic E-state index is 0.122. The minimum atomic E-state index is -0.469. The Morgan fingerprint density at radius 1 is 1.20 bits per heavy atom. The first kappa shape index (κ1) is 22.4. The van der Waals surface area contributed by atoms with Gasteiger partial charge in [0, 0.05) is 9.77 Å². The molecule has 1 aromatic carbocycles. The van der Waals surface area contributed by atoms with E-state index in [0.29, 0.717) is 16.5 Å². The van der Waals surface area contributed by atoms with Crippen LogP contribution in [0, 0.1) is 5.92 Å². The third-order valence-electron chi connectivity index (χ3n) is 4.71. The number of anilines is 1. The Morgan fingerprint density at radius 2 is 1.97 bits per heavy atom. The van der Waals surface area contributed by atoms with E-state index in [2.05, 4.69) is 12.2 Å². The zero-order valence-corrected chi connectivity index (χ0v) is 18.7. The van der Waals surface area contributed by atoms with Crippen LogP contribution in [0.5, 0.6) is 0 Å². The maximum absolute atomic E-state index is 12.5. The predicted octanol–water partition coefficient (Wildman–Crippen LogP) is 4.32. The van der Waals surface area contributed by atoms with Crippen LogP contribution in [-0.4, -0.2) is 36.8 Å². The molecule has 30 heavy (non-hydrogen) atoms. The van der Waals surface area contributed by atoms with E-state index in [0.717, 1.165) is 34.6 Å². The molecule has 1 heterocycles. The molecule has 1 N–H and O–H groups in total. The molecule has 8 heteroatoms. The number of rotatable bonds is 8. The number of amides is 1. The molecule has 3 rings (SSSR count). The van der Waals surface area contributed by atoms with Gasteiger partial charge in [0.25, 0.3) is 5.91 Å². The molecule has 1 aliphatic rings. The maximum atomic E-state index is 12.5. The molecular weight excluding hydrogens is 422 g/mol. The van der Waals surface area contributed by atoms with Gasteiger partial charge in [-0.25, -0.2) is 4.79 Å². The highest BCUT2D eigenvalue weighted by atomic mass is 32.2. The third-order valence-corrected chi connectivity index (χ3v) is 6.86. The number of esters is 2. The number of carbonyl (C=O) groups is 3. The van der Waals surface area contributed by atoms with Crippen LogP contribution in [-0.2, 0) is 31.9 Å². The molecule has 1 amide bonds. The molecule has 0 saturated carbocycles. The Morgan fingerprint density at radius 3 is 2.70 bits per heavy atom. The van der Waals surface area contributed by atoms with Gasteiger partial charge in [-0.1, -0.05) is 25.1 Å². The molecule has 0 saturated heterocycles. The lowest BCUT2D eigenvalue weighted by molar-refractivity contribution is -0.144. The molecule has 0 bridgehead atoms. The number of thioether (sulfide) groups is 1. The number of benzene rings is 1. The highest BCUT2D eigenvalue weighted by Crippen LogP contribution is 2.40. The quantitative estimate of drug-likeness (QED) is 0.479. The van der Waals surface area contributed by atoms with E-state index in [1.54, 1.807) is 6.92 Å². The maximum Gasteiger partial charge on any atom is 0.341 e. The monoisotopic (exact) mass is 447 g/mol. The van der Waals surface area contributed by atoms with E-state index in [1.165, 1.54) is 23.1 Å². The highest BCUT2D eigenvalue weighted by molar-refractivity contribution is 8.00. The van der Waals surface area contributed by atoms with Gasteiger partial charge in [0.2, 0.25) is 0 Å². The lowest BCUT2D eigenvalue weighted by Gasteiger charge is -2.18. The second-order valence-corrected chi connectivity index (χ2v) is 9.24. The van der Waals surface area contributed by atoms with Gasteiger partial charge in [0.05, 0.1) is 17.9 Å². The Labute approximate surface area is 184 Å². The summed E-state index contributed by atoms with van der Waals surface area (Å²) in [6, 6.07) is 9.50. The average molecular weight is 448 g/mol. The Balaban J connectivity index is 1.59. The van der Waals surface area contributed by atoms with Gasteiger partial charge in [-0.3, -0.25) is 9.59 Å². The number of hydrogen-bond acceptors (Lipinski definition) is 7. The van der Waals surface area contributed by atoms with Gasteiger partial charge in [-0.2, -0.15) is 0 Å². The minimum Gasteiger partial charge on any atom is -0.462 e. The first-order valence-corrected chi connectivity index (χ1v) is 11.7. The van der Waals surface area contributed by atoms with Crippen LogP contribution in [0.4, 0.5) is 5.00 Å². The molecule has 0 radical (unpaired) electrons. The van der Waals surface area contributed by atoms with Crippen LogP contribution in [0.1, 0.15) is 41.1 Å². The van der Waals surface area contributed by atoms with Crippen LogP contribution >= 0.6 is 23.1 Å². The van der Waals surface area contributed by atoms with Crippen molar-refractivity contribution in [3.8, 4) is 0 Å². The van der Waals surface area contributed by atoms with Crippen molar-refractivity contribution in [1.29, 1.82) is 0 Å². The zero-order chi connectivity index (χ0) is 21.5. The summed E-state index contributed by atoms with van der Waals surface area (Å²) in [5.74, 6) is -0.695. The van der Waals surface area contributed by atoms with Crippen molar-refractivity contribution in [1.82, 2.24) is 0 Å². The largest absolute Gasteiger partial charge is 0.462 e. The van der Waals surface area contributed by atoms with Gasteiger partial charge in [-0.15, -0.1) is 23.1 Å². The zero-order valence-electron chi connectivity index (χ0n) is 17.1. The van der Waals surface area contributed by atoms with Crippen LogP contribution in [0.25, 0.3) is 0 Å². The molecule has 2 aromatic rings. The molecular formula is C22H25NO5S2. The molecule has 6 nitrogen and oxygen atoms in total. The Kier molecular flexibility index (Phi) is 7.93. The van der Waals surface area contributed by atoms with Gasteiger partial charge in [-0.05, 0) is 49.8 Å². The van der Waals surface area contributed by atoms with Crippen molar-refractivity contribution in [3.05, 3.63) is 46.3 Å². The van der Waals surface area contributed by atoms with Gasteiger partial charge in [0.1, 0.15) is 5.00 Å². The molecule has 1 aromatic heterocycles. The normalized spacial score (nSPS) is 15.2. The second kappa shape index (κ2) is 10.6. The summed E-state index contributed by atoms with van der Waals surface area (Å²) < 4.78 is 10.3. The van der Waals surface area contributed by atoms with Crippen molar-refractivity contribution in [2.24, 2.45) is 5.92 Å². The number of fused-ring (bicyclic) bond motifs is 1. The van der Waals surface area contributed by atoms with Crippen LogP contribution in [0.2, 0.25) is 0 Å². The summed E-state index contributed by atoms with van der Waals surface area (Å²) in [7, 11) is 0. The number of hydrogen-bond donors (Lipinski definition) is 1. The van der Waals surface area contributed by atoms with Crippen LogP contribution < -0.4 is 5.32 Å². The topological polar surface area (TPSA) is 81.7 Å². The van der Waals surface area contributed by atoms with Crippen molar-refractivity contribution in [2.45, 2.75) is 38.0 Å². The van der Waals surface area contributed by atoms with E-state index >= 15 is 0 Å². The molecule has 0 fully saturated rings. The molecule has 0 aliphatic heterocycles. The van der Waals surface area contributed by atoms with Gasteiger partial charge >= 0.3 is 11.9 Å². The van der Waals surface area contributed by atoms with Crippen molar-refractivity contribution in [2.75, 3.05) is 24.3 Å². The summed E-state index contributed by atoms with van der Waals surface area (Å²) in [5, 5.41) is 3.22. The molecule has 1 aliphatic carbocycles. The number of nitrogens with one attached hydrogen (secondary N) is 1. The average Bonchev–Trinajstić information content (AvgIpc) is 3.08. The second-order valence-electron chi connectivity index (χ2n) is 7.09. The standard InChI is InChI=1S/C22H25NO5S2/c1-3-27-22(26)20-16-10-9-14(2)11-17(16)30-21(20)23-18(24)12-28-19(25)13-29-15-7-5-4-6-8-15/h4-8,14H,3,9-13H2,1-2H3,(H,23,24). The summed E-state index contributed by atoms with van der Waals surface area (Å²) in [5.41, 5.74) is 1.42. The fraction of sp³-hybridized carbons (Fsp3) is 0.409. The van der Waals surface area contributed by atoms with Crippen LogP contribution in [0.15, 0.2) is 35.2 Å². The molecule has 1 atom stereocenters. The summed E-state index contributed by atoms with van der Waals surface area (Å²) in [6.07, 6.45) is 2.68. The first-order valence-electron chi connectivity index (χ1n) is 9.92. The smallest absolute Gasteiger partial charge is 0.341 e. The Hall–Kier alpha value is -2.32. The lowest BCUT2D eigenvalue weighted by atomic mass is 9.88.